The molecule has 0 aliphatic carbocycles. The van der Waals surface area contributed by atoms with E-state index < -0.39 is 10.0 Å². The van der Waals surface area contributed by atoms with E-state index in [-0.39, 0.29) is 0 Å². The average molecular weight is 315 g/mol. The normalized spacial score (nSPS) is 11.8. The highest BCUT2D eigenvalue weighted by atomic mass is 32.2. The highest BCUT2D eigenvalue weighted by molar-refractivity contribution is 7.93. The summed E-state index contributed by atoms with van der Waals surface area (Å²) < 4.78 is 33.7. The molecule has 2 rings (SSSR count). The summed E-state index contributed by atoms with van der Waals surface area (Å²) in [6.45, 7) is 4.79. The minimum Gasteiger partial charge on any atom is -0.383 e. The van der Waals surface area contributed by atoms with E-state index in [0.29, 0.717) is 23.7 Å². The number of aromatic nitrogens is 2. The van der Waals surface area contributed by atoms with E-state index in [1.807, 2.05) is 6.92 Å². The van der Waals surface area contributed by atoms with Crippen LogP contribution in [0.5, 0.6) is 0 Å². The van der Waals surface area contributed by atoms with Crippen LogP contribution in [-0.4, -0.2) is 31.9 Å². The van der Waals surface area contributed by atoms with E-state index in [9.17, 15) is 8.42 Å². The molecule has 8 heteroatoms. The van der Waals surface area contributed by atoms with Crippen LogP contribution in [0.2, 0.25) is 0 Å². The fourth-order valence-electron chi connectivity index (χ4n) is 1.81. The van der Waals surface area contributed by atoms with Crippen molar-refractivity contribution in [1.29, 1.82) is 0 Å². The lowest BCUT2D eigenvalue weighted by Crippen LogP contribution is -2.12. The minimum atomic E-state index is -3.55. The zero-order valence-corrected chi connectivity index (χ0v) is 13.2. The second-order valence-corrected chi connectivity index (χ2v) is 7.48. The maximum absolute atomic E-state index is 12.3. The largest absolute Gasteiger partial charge is 0.383 e. The summed E-state index contributed by atoms with van der Waals surface area (Å²) in [5.41, 5.74) is 0.448. The summed E-state index contributed by atoms with van der Waals surface area (Å²) in [4.78, 5) is 2.07. The number of nitrogens with zero attached hydrogens (tertiary/aromatic N) is 2. The maximum Gasteiger partial charge on any atom is 0.263 e. The summed E-state index contributed by atoms with van der Waals surface area (Å²) in [7, 11) is -1.95. The van der Waals surface area contributed by atoms with Crippen LogP contribution in [0.1, 0.15) is 9.75 Å². The smallest absolute Gasteiger partial charge is 0.263 e. The van der Waals surface area contributed by atoms with Crippen LogP contribution < -0.4 is 4.72 Å². The number of rotatable bonds is 6. The molecule has 2 aromatic rings. The van der Waals surface area contributed by atoms with Gasteiger partial charge in [-0.3, -0.25) is 9.40 Å². The van der Waals surface area contributed by atoms with Crippen molar-refractivity contribution in [2.75, 3.05) is 18.4 Å². The van der Waals surface area contributed by atoms with Crippen molar-refractivity contribution in [2.24, 2.45) is 0 Å². The van der Waals surface area contributed by atoms with E-state index in [2.05, 4.69) is 9.82 Å². The fraction of sp³-hybridized carbons (Fsp3) is 0.417. The number of hydrogen-bond acceptors (Lipinski definition) is 5. The highest BCUT2D eigenvalue weighted by Crippen LogP contribution is 2.26. The number of hydrogen-bond donors (Lipinski definition) is 1. The molecule has 0 fully saturated rings. The molecule has 2 heterocycles. The van der Waals surface area contributed by atoms with Gasteiger partial charge in [0.1, 0.15) is 4.90 Å². The first-order chi connectivity index (χ1) is 9.42. The monoisotopic (exact) mass is 315 g/mol. The van der Waals surface area contributed by atoms with Crippen molar-refractivity contribution in [3.8, 4) is 0 Å². The number of ether oxygens (including phenoxy) is 1. The molecule has 0 aromatic carbocycles. The van der Waals surface area contributed by atoms with Crippen molar-refractivity contribution < 1.29 is 13.2 Å². The molecular weight excluding hydrogens is 298 g/mol. The third-order valence-electron chi connectivity index (χ3n) is 2.69. The second kappa shape index (κ2) is 5.94. The van der Waals surface area contributed by atoms with E-state index in [4.69, 9.17) is 4.74 Å². The maximum atomic E-state index is 12.3. The van der Waals surface area contributed by atoms with Crippen LogP contribution in [-0.2, 0) is 21.3 Å². The van der Waals surface area contributed by atoms with Crippen LogP contribution >= 0.6 is 11.3 Å². The fourth-order valence-corrected chi connectivity index (χ4v) is 4.39. The number of anilines is 1. The van der Waals surface area contributed by atoms with Gasteiger partial charge in [-0.15, -0.1) is 11.3 Å². The number of sulfonamides is 1. The van der Waals surface area contributed by atoms with E-state index in [1.54, 1.807) is 31.0 Å². The van der Waals surface area contributed by atoms with Gasteiger partial charge in [0.15, 0.2) is 0 Å². The van der Waals surface area contributed by atoms with Crippen LogP contribution in [0.3, 0.4) is 0 Å². The van der Waals surface area contributed by atoms with Gasteiger partial charge in [-0.2, -0.15) is 5.10 Å². The topological polar surface area (TPSA) is 73.2 Å². The Kier molecular flexibility index (Phi) is 4.46. The Morgan fingerprint density at radius 3 is 2.80 bits per heavy atom. The number of nitrogens with one attached hydrogen (secondary N) is 1. The molecule has 0 saturated heterocycles. The Bertz CT molecular complexity index is 689. The molecule has 0 bridgehead atoms. The molecule has 110 valence electrons. The second-order valence-electron chi connectivity index (χ2n) is 4.37. The summed E-state index contributed by atoms with van der Waals surface area (Å²) in [6, 6.07) is 1.68. The van der Waals surface area contributed by atoms with Crippen LogP contribution in [0.15, 0.2) is 23.4 Å². The SMILES string of the molecule is COCCn1cc(NS(=O)(=O)c2cc(C)sc2C)cn1. The summed E-state index contributed by atoms with van der Waals surface area (Å²) >= 11 is 1.47. The Morgan fingerprint density at radius 2 is 2.20 bits per heavy atom. The Hall–Kier alpha value is -1.38. The Balaban J connectivity index is 2.16. The molecule has 0 unspecified atom stereocenters. The summed E-state index contributed by atoms with van der Waals surface area (Å²) in [5.74, 6) is 0. The number of aryl methyl sites for hydroxylation is 2. The van der Waals surface area contributed by atoms with Gasteiger partial charge in [0.25, 0.3) is 10.0 Å². The summed E-state index contributed by atoms with van der Waals surface area (Å²) in [6.07, 6.45) is 3.13. The van der Waals surface area contributed by atoms with Crippen molar-refractivity contribution in [2.45, 2.75) is 25.3 Å². The molecule has 0 atom stereocenters. The predicted molar refractivity (Wildman–Crippen MR) is 78.7 cm³/mol. The van der Waals surface area contributed by atoms with Gasteiger partial charge in [0.05, 0.1) is 25.0 Å². The zero-order chi connectivity index (χ0) is 14.8. The van der Waals surface area contributed by atoms with Gasteiger partial charge in [0, 0.05) is 23.1 Å². The molecule has 0 aliphatic heterocycles. The van der Waals surface area contributed by atoms with Crippen LogP contribution in [0.4, 0.5) is 5.69 Å². The zero-order valence-electron chi connectivity index (χ0n) is 11.6. The highest BCUT2D eigenvalue weighted by Gasteiger charge is 2.19. The van der Waals surface area contributed by atoms with Crippen molar-refractivity contribution in [1.82, 2.24) is 9.78 Å². The Morgan fingerprint density at radius 1 is 1.45 bits per heavy atom. The number of thiophene rings is 1. The first-order valence-electron chi connectivity index (χ1n) is 6.03. The van der Waals surface area contributed by atoms with Crippen molar-refractivity contribution in [3.63, 3.8) is 0 Å². The van der Waals surface area contributed by atoms with Gasteiger partial charge in [-0.25, -0.2) is 8.42 Å². The minimum absolute atomic E-state index is 0.324. The first kappa shape index (κ1) is 15.0. The van der Waals surface area contributed by atoms with Crippen LogP contribution in [0, 0.1) is 13.8 Å². The van der Waals surface area contributed by atoms with E-state index >= 15 is 0 Å². The van der Waals surface area contributed by atoms with E-state index in [0.717, 1.165) is 9.75 Å². The van der Waals surface area contributed by atoms with E-state index in [1.165, 1.54) is 17.5 Å². The Labute approximate surface area is 122 Å². The lowest BCUT2D eigenvalue weighted by atomic mass is 10.4. The molecule has 0 spiro atoms. The average Bonchev–Trinajstić information content (AvgIpc) is 2.93. The quantitative estimate of drug-likeness (QED) is 0.885. The van der Waals surface area contributed by atoms with Crippen molar-refractivity contribution >= 4 is 27.0 Å². The molecule has 6 nitrogen and oxygen atoms in total. The van der Waals surface area contributed by atoms with Gasteiger partial charge in [-0.1, -0.05) is 0 Å². The van der Waals surface area contributed by atoms with Crippen molar-refractivity contribution in [3.05, 3.63) is 28.2 Å². The lowest BCUT2D eigenvalue weighted by molar-refractivity contribution is 0.183. The molecule has 0 amide bonds. The van der Waals surface area contributed by atoms with Gasteiger partial charge < -0.3 is 4.74 Å². The molecule has 2 aromatic heterocycles. The third kappa shape index (κ3) is 3.38. The molecule has 20 heavy (non-hydrogen) atoms. The van der Waals surface area contributed by atoms with Gasteiger partial charge in [-0.05, 0) is 19.9 Å². The molecule has 0 radical (unpaired) electrons. The van der Waals surface area contributed by atoms with Gasteiger partial charge in [0.2, 0.25) is 0 Å². The standard InChI is InChI=1S/C12H17N3O3S2/c1-9-6-12(10(2)19-9)20(16,17)14-11-7-13-15(8-11)4-5-18-3/h6-8,14H,4-5H2,1-3H3. The number of methoxy groups -OCH3 is 1. The molecule has 1 N–H and O–H groups in total. The molecule has 0 saturated carbocycles. The molecule has 0 aliphatic rings. The summed E-state index contributed by atoms with van der Waals surface area (Å²) in [5, 5.41) is 4.07. The molecular formula is C12H17N3O3S2. The van der Waals surface area contributed by atoms with Gasteiger partial charge >= 0.3 is 0 Å². The first-order valence-corrected chi connectivity index (χ1v) is 8.33. The lowest BCUT2D eigenvalue weighted by Gasteiger charge is -2.04. The predicted octanol–water partition coefficient (Wildman–Crippen LogP) is 2.01. The van der Waals surface area contributed by atoms with Crippen LogP contribution in [0.25, 0.3) is 0 Å². The third-order valence-corrected chi connectivity index (χ3v) is 5.30.